The number of nitrogens with zero attached hydrogens (tertiary/aromatic N) is 2. The van der Waals surface area contributed by atoms with E-state index in [1.165, 1.54) is 0 Å². The lowest BCUT2D eigenvalue weighted by molar-refractivity contribution is 0.0743. The van der Waals surface area contributed by atoms with Gasteiger partial charge in [-0.05, 0) is 43.0 Å². The van der Waals surface area contributed by atoms with Crippen molar-refractivity contribution < 1.29 is 9.59 Å². The van der Waals surface area contributed by atoms with E-state index >= 15 is 0 Å². The van der Waals surface area contributed by atoms with Gasteiger partial charge in [-0.15, -0.1) is 0 Å². The summed E-state index contributed by atoms with van der Waals surface area (Å²) < 4.78 is 0. The van der Waals surface area contributed by atoms with Gasteiger partial charge in [-0.25, -0.2) is 4.79 Å². The number of nitrogens with one attached hydrogen (secondary N) is 1. The summed E-state index contributed by atoms with van der Waals surface area (Å²) in [6.45, 7) is 1.93. The molecule has 2 aromatic rings. The maximum absolute atomic E-state index is 12.9. The van der Waals surface area contributed by atoms with Crippen LogP contribution >= 0.6 is 11.6 Å². The Labute approximate surface area is 163 Å². The maximum atomic E-state index is 12.9. The van der Waals surface area contributed by atoms with E-state index in [1.807, 2.05) is 52.3 Å². The molecule has 3 aliphatic rings. The molecular weight excluding hydrogens is 362 g/mol. The number of rotatable bonds is 2. The average Bonchev–Trinajstić information content (AvgIpc) is 3.02. The molecule has 1 N–H and O–H groups in total. The molecule has 140 valence electrons. The average molecular weight is 384 g/mol. The van der Waals surface area contributed by atoms with Crippen molar-refractivity contribution in [3.8, 4) is 0 Å². The number of carbonyl (C=O) groups excluding carboxylic acids is 2. The highest BCUT2D eigenvalue weighted by atomic mass is 35.5. The molecule has 0 unspecified atom stereocenters. The van der Waals surface area contributed by atoms with Crippen molar-refractivity contribution in [2.24, 2.45) is 5.92 Å². The summed E-state index contributed by atoms with van der Waals surface area (Å²) in [6.07, 6.45) is 1.96. The van der Waals surface area contributed by atoms with Crippen LogP contribution in [0.5, 0.6) is 0 Å². The second kappa shape index (κ2) is 7.61. The van der Waals surface area contributed by atoms with E-state index in [9.17, 15) is 9.59 Å². The molecule has 3 heterocycles. The molecular formula is C21H22ClN3O2. The van der Waals surface area contributed by atoms with Crippen molar-refractivity contribution in [1.29, 1.82) is 0 Å². The summed E-state index contributed by atoms with van der Waals surface area (Å²) in [7, 11) is 0. The quantitative estimate of drug-likeness (QED) is 0.848. The first-order chi connectivity index (χ1) is 13.1. The summed E-state index contributed by atoms with van der Waals surface area (Å²) in [5, 5.41) is 3.44. The fraction of sp³-hybridized carbons (Fsp3) is 0.333. The number of hydrogen-bond acceptors (Lipinski definition) is 2. The molecule has 0 aromatic heterocycles. The van der Waals surface area contributed by atoms with Crippen LogP contribution in [0.4, 0.5) is 10.5 Å². The Kier molecular flexibility index (Phi) is 5.03. The minimum absolute atomic E-state index is 0.0268. The highest BCUT2D eigenvalue weighted by molar-refractivity contribution is 6.33. The van der Waals surface area contributed by atoms with Gasteiger partial charge >= 0.3 is 6.03 Å². The largest absolute Gasteiger partial charge is 0.336 e. The Bertz CT molecular complexity index is 842. The predicted molar refractivity (Wildman–Crippen MR) is 106 cm³/mol. The summed E-state index contributed by atoms with van der Waals surface area (Å²) in [5.74, 6) is 0.342. The first-order valence-electron chi connectivity index (χ1n) is 9.28. The minimum atomic E-state index is -0.146. The molecule has 3 saturated heterocycles. The standard InChI is InChI=1S/C21H22ClN3O2/c22-18-8-4-5-9-19(18)23-21(27)25-13-15-10-11-17(25)14-24(12-15)20(26)16-6-2-1-3-7-16/h1-9,15,17H,10-14H2,(H,23,27)/t15-,17+/m0/s1. The lowest BCUT2D eigenvalue weighted by atomic mass is 9.95. The van der Waals surface area contributed by atoms with Gasteiger partial charge in [0.25, 0.3) is 5.91 Å². The van der Waals surface area contributed by atoms with E-state index in [4.69, 9.17) is 11.6 Å². The highest BCUT2D eigenvalue weighted by Gasteiger charge is 2.38. The number of fused-ring (bicyclic) bond motifs is 4. The van der Waals surface area contributed by atoms with Crippen molar-refractivity contribution in [3.63, 3.8) is 0 Å². The summed E-state index contributed by atoms with van der Waals surface area (Å²) in [4.78, 5) is 29.5. The van der Waals surface area contributed by atoms with Crippen LogP contribution in [0.25, 0.3) is 0 Å². The lowest BCUT2D eigenvalue weighted by Crippen LogP contribution is -2.49. The van der Waals surface area contributed by atoms with Crippen LogP contribution in [0.2, 0.25) is 5.02 Å². The smallest absolute Gasteiger partial charge is 0.322 e. The summed E-state index contributed by atoms with van der Waals surface area (Å²) in [5.41, 5.74) is 1.31. The van der Waals surface area contributed by atoms with Crippen molar-refractivity contribution in [2.75, 3.05) is 25.0 Å². The number of para-hydroxylation sites is 1. The van der Waals surface area contributed by atoms with Gasteiger partial charge in [0.1, 0.15) is 0 Å². The number of amides is 3. The monoisotopic (exact) mass is 383 g/mol. The van der Waals surface area contributed by atoms with E-state index in [0.717, 1.165) is 12.8 Å². The van der Waals surface area contributed by atoms with Gasteiger partial charge < -0.3 is 15.1 Å². The molecule has 0 saturated carbocycles. The molecule has 2 atom stereocenters. The van der Waals surface area contributed by atoms with Crippen LogP contribution in [0.1, 0.15) is 23.2 Å². The van der Waals surface area contributed by atoms with E-state index in [0.29, 0.717) is 41.8 Å². The Morgan fingerprint density at radius 2 is 1.67 bits per heavy atom. The number of urea groups is 1. The van der Waals surface area contributed by atoms with E-state index in [2.05, 4.69) is 5.32 Å². The molecule has 3 amide bonds. The second-order valence-electron chi connectivity index (χ2n) is 7.24. The van der Waals surface area contributed by atoms with Gasteiger partial charge in [0, 0.05) is 25.2 Å². The molecule has 3 fully saturated rings. The Hall–Kier alpha value is -2.53. The third-order valence-corrected chi connectivity index (χ3v) is 5.73. The van der Waals surface area contributed by atoms with Crippen LogP contribution < -0.4 is 5.32 Å². The van der Waals surface area contributed by atoms with E-state index < -0.39 is 0 Å². The van der Waals surface area contributed by atoms with Crippen molar-refractivity contribution in [1.82, 2.24) is 9.80 Å². The van der Waals surface area contributed by atoms with Crippen LogP contribution in [-0.2, 0) is 0 Å². The van der Waals surface area contributed by atoms with Crippen molar-refractivity contribution in [3.05, 3.63) is 65.2 Å². The molecule has 3 aliphatic heterocycles. The molecule has 0 radical (unpaired) electrons. The Balaban J connectivity index is 1.49. The molecule has 2 bridgehead atoms. The van der Waals surface area contributed by atoms with Gasteiger partial charge in [-0.2, -0.15) is 0 Å². The number of anilines is 1. The topological polar surface area (TPSA) is 52.7 Å². The van der Waals surface area contributed by atoms with Gasteiger partial charge in [0.15, 0.2) is 0 Å². The first kappa shape index (κ1) is 17.9. The molecule has 27 heavy (non-hydrogen) atoms. The number of piperidine rings is 1. The van der Waals surface area contributed by atoms with Gasteiger partial charge in [0.2, 0.25) is 0 Å². The first-order valence-corrected chi connectivity index (χ1v) is 9.66. The fourth-order valence-corrected chi connectivity index (χ4v) is 4.19. The summed E-state index contributed by atoms with van der Waals surface area (Å²) >= 11 is 6.16. The third kappa shape index (κ3) is 3.78. The molecule has 5 nitrogen and oxygen atoms in total. The number of benzene rings is 2. The SMILES string of the molecule is O=C(c1ccccc1)N1C[C@@H]2CC[C@H](C1)N(C(=O)Nc1ccccc1Cl)C2. The van der Waals surface area contributed by atoms with Gasteiger partial charge in [-0.1, -0.05) is 41.9 Å². The Morgan fingerprint density at radius 1 is 0.926 bits per heavy atom. The third-order valence-electron chi connectivity index (χ3n) is 5.40. The molecule has 6 heteroatoms. The zero-order valence-electron chi connectivity index (χ0n) is 15.0. The van der Waals surface area contributed by atoms with Crippen molar-refractivity contribution in [2.45, 2.75) is 18.9 Å². The molecule has 5 rings (SSSR count). The zero-order chi connectivity index (χ0) is 18.8. The minimum Gasteiger partial charge on any atom is -0.336 e. The number of carbonyl (C=O) groups is 2. The van der Waals surface area contributed by atoms with Gasteiger partial charge in [-0.3, -0.25) is 4.79 Å². The maximum Gasteiger partial charge on any atom is 0.322 e. The van der Waals surface area contributed by atoms with Crippen LogP contribution in [0.15, 0.2) is 54.6 Å². The van der Waals surface area contributed by atoms with Crippen molar-refractivity contribution >= 4 is 29.2 Å². The zero-order valence-corrected chi connectivity index (χ0v) is 15.7. The Morgan fingerprint density at radius 3 is 2.44 bits per heavy atom. The highest BCUT2D eigenvalue weighted by Crippen LogP contribution is 2.30. The number of hydrogen-bond donors (Lipinski definition) is 1. The molecule has 2 aromatic carbocycles. The fourth-order valence-electron chi connectivity index (χ4n) is 4.01. The normalized spacial score (nSPS) is 21.7. The van der Waals surface area contributed by atoms with Crippen LogP contribution in [0.3, 0.4) is 0 Å². The lowest BCUT2D eigenvalue weighted by Gasteiger charge is -2.36. The van der Waals surface area contributed by atoms with Crippen LogP contribution in [-0.4, -0.2) is 47.4 Å². The summed E-state index contributed by atoms with van der Waals surface area (Å²) in [6, 6.07) is 16.5. The van der Waals surface area contributed by atoms with E-state index in [1.54, 1.807) is 12.1 Å². The second-order valence-corrected chi connectivity index (χ2v) is 7.64. The number of halogens is 1. The molecule has 0 aliphatic carbocycles. The molecule has 0 spiro atoms. The van der Waals surface area contributed by atoms with Crippen LogP contribution in [0, 0.1) is 5.92 Å². The van der Waals surface area contributed by atoms with Gasteiger partial charge in [0.05, 0.1) is 16.8 Å². The predicted octanol–water partition coefficient (Wildman–Crippen LogP) is 4.11. The van der Waals surface area contributed by atoms with E-state index in [-0.39, 0.29) is 18.0 Å².